The molecule has 0 aliphatic heterocycles. The Hall–Kier alpha value is -0.380. The summed E-state index contributed by atoms with van der Waals surface area (Å²) < 4.78 is 0. The van der Waals surface area contributed by atoms with E-state index in [1.807, 2.05) is 0 Å². The molecule has 2 nitrogen and oxygen atoms in total. The van der Waals surface area contributed by atoms with Gasteiger partial charge in [0.2, 0.25) is 0 Å². The number of hydrogen-bond acceptors (Lipinski definition) is 3. The zero-order valence-corrected chi connectivity index (χ0v) is 11.3. The van der Waals surface area contributed by atoms with Crippen LogP contribution in [0.15, 0.2) is 10.8 Å². The highest BCUT2D eigenvalue weighted by Crippen LogP contribution is 2.13. The topological polar surface area (TPSA) is 38.0 Å². The van der Waals surface area contributed by atoms with E-state index in [2.05, 4.69) is 29.9 Å². The largest absolute Gasteiger partial charge is 0.330 e. The van der Waals surface area contributed by atoms with Crippen LogP contribution in [-0.2, 0) is 6.54 Å². The molecule has 92 valence electrons. The maximum Gasteiger partial charge on any atom is 0.0216 e. The van der Waals surface area contributed by atoms with E-state index in [-0.39, 0.29) is 0 Å². The van der Waals surface area contributed by atoms with Gasteiger partial charge in [0.15, 0.2) is 0 Å². The summed E-state index contributed by atoms with van der Waals surface area (Å²) in [5.41, 5.74) is 8.38. The average molecular weight is 240 g/mol. The van der Waals surface area contributed by atoms with Gasteiger partial charge >= 0.3 is 0 Å². The van der Waals surface area contributed by atoms with Gasteiger partial charge in [-0.2, -0.15) is 11.3 Å². The van der Waals surface area contributed by atoms with Gasteiger partial charge in [-0.25, -0.2) is 0 Å². The molecule has 1 unspecified atom stereocenters. The fraction of sp³-hybridized carbons (Fsp3) is 0.692. The molecule has 16 heavy (non-hydrogen) atoms. The summed E-state index contributed by atoms with van der Waals surface area (Å²) in [6.07, 6.45) is 3.70. The summed E-state index contributed by atoms with van der Waals surface area (Å²) in [4.78, 5) is 0. The van der Waals surface area contributed by atoms with Gasteiger partial charge in [-0.15, -0.1) is 0 Å². The highest BCUT2D eigenvalue weighted by Gasteiger charge is 2.01. The van der Waals surface area contributed by atoms with Gasteiger partial charge in [0.05, 0.1) is 0 Å². The number of thiophene rings is 1. The standard InChI is InChI=1S/C13H24N2S/c1-11(5-6-14)4-3-7-15-8-13-10-16-9-12(13)2/h9-11,15H,3-8,14H2,1-2H3. The summed E-state index contributed by atoms with van der Waals surface area (Å²) in [6, 6.07) is 0. The van der Waals surface area contributed by atoms with Crippen molar-refractivity contribution in [3.63, 3.8) is 0 Å². The molecule has 0 aliphatic rings. The van der Waals surface area contributed by atoms with Crippen LogP contribution in [0, 0.1) is 12.8 Å². The number of nitrogens with two attached hydrogens (primary N) is 1. The SMILES string of the molecule is Cc1cscc1CNCCCC(C)CCN. The zero-order valence-electron chi connectivity index (χ0n) is 10.5. The lowest BCUT2D eigenvalue weighted by Gasteiger charge is -2.10. The van der Waals surface area contributed by atoms with E-state index in [0.29, 0.717) is 0 Å². The molecule has 0 saturated heterocycles. The quantitative estimate of drug-likeness (QED) is 0.686. The minimum absolute atomic E-state index is 0.773. The molecule has 0 bridgehead atoms. The fourth-order valence-electron chi connectivity index (χ4n) is 1.80. The molecule has 0 aromatic carbocycles. The lowest BCUT2D eigenvalue weighted by atomic mass is 10.0. The van der Waals surface area contributed by atoms with E-state index in [4.69, 9.17) is 5.73 Å². The van der Waals surface area contributed by atoms with E-state index in [0.717, 1.165) is 32.0 Å². The van der Waals surface area contributed by atoms with Crippen LogP contribution in [0.5, 0.6) is 0 Å². The summed E-state index contributed by atoms with van der Waals surface area (Å²) in [5, 5.41) is 7.95. The van der Waals surface area contributed by atoms with Crippen molar-refractivity contribution in [3.05, 3.63) is 21.9 Å². The molecular formula is C13H24N2S. The van der Waals surface area contributed by atoms with Crippen LogP contribution >= 0.6 is 11.3 Å². The molecular weight excluding hydrogens is 216 g/mol. The molecule has 3 heteroatoms. The lowest BCUT2D eigenvalue weighted by molar-refractivity contribution is 0.468. The predicted molar refractivity (Wildman–Crippen MR) is 72.8 cm³/mol. The summed E-state index contributed by atoms with van der Waals surface area (Å²) in [7, 11) is 0. The molecule has 0 aliphatic carbocycles. The first-order valence-corrected chi connectivity index (χ1v) is 7.10. The second kappa shape index (κ2) is 7.82. The van der Waals surface area contributed by atoms with Crippen molar-refractivity contribution in [1.82, 2.24) is 5.32 Å². The lowest BCUT2D eigenvalue weighted by Crippen LogP contribution is -2.16. The Labute approximate surface area is 103 Å². The smallest absolute Gasteiger partial charge is 0.0216 e. The highest BCUT2D eigenvalue weighted by molar-refractivity contribution is 7.08. The van der Waals surface area contributed by atoms with Crippen LogP contribution in [0.1, 0.15) is 37.3 Å². The maximum atomic E-state index is 5.53. The Morgan fingerprint density at radius 1 is 1.38 bits per heavy atom. The summed E-state index contributed by atoms with van der Waals surface area (Å²) >= 11 is 1.79. The molecule has 1 heterocycles. The molecule has 0 saturated carbocycles. The third kappa shape index (κ3) is 5.10. The third-order valence-electron chi connectivity index (χ3n) is 2.99. The van der Waals surface area contributed by atoms with Crippen molar-refractivity contribution in [1.29, 1.82) is 0 Å². The number of rotatable bonds is 8. The molecule has 0 amide bonds. The van der Waals surface area contributed by atoms with Gasteiger partial charge < -0.3 is 11.1 Å². The van der Waals surface area contributed by atoms with Crippen LogP contribution in [0.2, 0.25) is 0 Å². The fourth-order valence-corrected chi connectivity index (χ4v) is 2.65. The van der Waals surface area contributed by atoms with Crippen LogP contribution < -0.4 is 11.1 Å². The van der Waals surface area contributed by atoms with Gasteiger partial charge in [-0.05, 0) is 67.1 Å². The number of aryl methyl sites for hydroxylation is 1. The second-order valence-corrected chi connectivity index (χ2v) is 5.33. The first-order valence-electron chi connectivity index (χ1n) is 6.16. The van der Waals surface area contributed by atoms with Crippen molar-refractivity contribution < 1.29 is 0 Å². The third-order valence-corrected chi connectivity index (χ3v) is 3.90. The van der Waals surface area contributed by atoms with Crippen molar-refractivity contribution >= 4 is 11.3 Å². The first-order chi connectivity index (χ1) is 7.74. The van der Waals surface area contributed by atoms with E-state index in [1.54, 1.807) is 11.3 Å². The van der Waals surface area contributed by atoms with E-state index >= 15 is 0 Å². The van der Waals surface area contributed by atoms with Crippen molar-refractivity contribution in [2.75, 3.05) is 13.1 Å². The average Bonchev–Trinajstić information content (AvgIpc) is 2.64. The molecule has 1 aromatic heterocycles. The normalized spacial score (nSPS) is 12.9. The Kier molecular flexibility index (Phi) is 6.69. The van der Waals surface area contributed by atoms with Gasteiger partial charge in [-0.1, -0.05) is 6.92 Å². The Balaban J connectivity index is 2.02. The maximum absolute atomic E-state index is 5.53. The van der Waals surface area contributed by atoms with Crippen molar-refractivity contribution in [2.45, 2.75) is 39.7 Å². The summed E-state index contributed by atoms with van der Waals surface area (Å²) in [6.45, 7) is 7.42. The molecule has 3 N–H and O–H groups in total. The van der Waals surface area contributed by atoms with Gasteiger partial charge in [-0.3, -0.25) is 0 Å². The molecule has 0 spiro atoms. The van der Waals surface area contributed by atoms with Crippen molar-refractivity contribution in [3.8, 4) is 0 Å². The van der Waals surface area contributed by atoms with E-state index < -0.39 is 0 Å². The summed E-state index contributed by atoms with van der Waals surface area (Å²) in [5.74, 6) is 0.773. The van der Waals surface area contributed by atoms with Gasteiger partial charge in [0.25, 0.3) is 0 Å². The van der Waals surface area contributed by atoms with Crippen molar-refractivity contribution in [2.24, 2.45) is 11.7 Å². The van der Waals surface area contributed by atoms with Gasteiger partial charge in [0.1, 0.15) is 0 Å². The van der Waals surface area contributed by atoms with Gasteiger partial charge in [0, 0.05) is 6.54 Å². The monoisotopic (exact) mass is 240 g/mol. The number of nitrogens with one attached hydrogen (secondary N) is 1. The molecule has 1 atom stereocenters. The minimum Gasteiger partial charge on any atom is -0.330 e. The zero-order chi connectivity index (χ0) is 11.8. The predicted octanol–water partition coefficient (Wildman–Crippen LogP) is 2.91. The Morgan fingerprint density at radius 2 is 2.19 bits per heavy atom. The van der Waals surface area contributed by atoms with E-state index in [1.165, 1.54) is 24.0 Å². The van der Waals surface area contributed by atoms with Crippen LogP contribution in [0.25, 0.3) is 0 Å². The Bertz CT molecular complexity index is 283. The Morgan fingerprint density at radius 3 is 2.81 bits per heavy atom. The molecule has 1 aromatic rings. The van der Waals surface area contributed by atoms with E-state index in [9.17, 15) is 0 Å². The molecule has 1 rings (SSSR count). The number of hydrogen-bond donors (Lipinski definition) is 2. The highest BCUT2D eigenvalue weighted by atomic mass is 32.1. The van der Waals surface area contributed by atoms with Crippen LogP contribution in [0.3, 0.4) is 0 Å². The molecule has 0 radical (unpaired) electrons. The van der Waals surface area contributed by atoms with Crippen LogP contribution in [-0.4, -0.2) is 13.1 Å². The minimum atomic E-state index is 0.773. The second-order valence-electron chi connectivity index (χ2n) is 4.58. The first kappa shape index (κ1) is 13.7. The molecule has 0 fully saturated rings. The van der Waals surface area contributed by atoms with Crippen LogP contribution in [0.4, 0.5) is 0 Å².